The van der Waals surface area contributed by atoms with Gasteiger partial charge >= 0.3 is 0 Å². The zero-order valence-corrected chi connectivity index (χ0v) is 11.9. The van der Waals surface area contributed by atoms with E-state index in [4.69, 9.17) is 4.74 Å². The van der Waals surface area contributed by atoms with Crippen LogP contribution in [0.2, 0.25) is 0 Å². The zero-order valence-electron chi connectivity index (χ0n) is 11.1. The second-order valence-electron chi connectivity index (χ2n) is 4.28. The molecule has 0 amide bonds. The smallest absolute Gasteiger partial charge is 0.0966 e. The van der Waals surface area contributed by atoms with Gasteiger partial charge in [0, 0.05) is 31.1 Å². The molecule has 96 valence electrons. The zero-order chi connectivity index (χ0) is 12.7. The largest absolute Gasteiger partial charge is 0.383 e. The van der Waals surface area contributed by atoms with Crippen LogP contribution in [-0.2, 0) is 4.74 Å². The number of nitrogens with zero attached hydrogens (tertiary/aromatic N) is 1. The maximum absolute atomic E-state index is 5.07. The van der Waals surface area contributed by atoms with E-state index in [9.17, 15) is 0 Å². The highest BCUT2D eigenvalue weighted by atomic mass is 32.2. The molecule has 0 saturated carbocycles. The summed E-state index contributed by atoms with van der Waals surface area (Å²) in [5, 5.41) is 4.52. The summed E-state index contributed by atoms with van der Waals surface area (Å²) in [4.78, 5) is 4.50. The maximum Gasteiger partial charge on any atom is 0.0966 e. The summed E-state index contributed by atoms with van der Waals surface area (Å²) in [6.07, 6.45) is 0. The van der Waals surface area contributed by atoms with Crippen LogP contribution >= 0.6 is 11.8 Å². The molecule has 0 aliphatic rings. The van der Waals surface area contributed by atoms with Crippen molar-refractivity contribution in [1.82, 2.24) is 10.3 Å². The van der Waals surface area contributed by atoms with Crippen LogP contribution in [0.15, 0.2) is 17.2 Å². The molecule has 0 aliphatic carbocycles. The van der Waals surface area contributed by atoms with Gasteiger partial charge in [0.05, 0.1) is 11.6 Å². The Morgan fingerprint density at radius 3 is 2.82 bits per heavy atom. The lowest BCUT2D eigenvalue weighted by Gasteiger charge is -2.12. The number of hydrogen-bond donors (Lipinski definition) is 1. The van der Waals surface area contributed by atoms with Crippen LogP contribution < -0.4 is 5.32 Å². The standard InChI is InChI=1S/C13H22N2OS/c1-10-7-11(2)15-13(8-10)17-6-5-14-12(3)9-16-4/h7-8,12,14H,5-6,9H2,1-4H3. The van der Waals surface area contributed by atoms with Crippen molar-refractivity contribution >= 4 is 11.8 Å². The average Bonchev–Trinajstić information content (AvgIpc) is 2.23. The fourth-order valence-corrected chi connectivity index (χ4v) is 2.55. The highest BCUT2D eigenvalue weighted by molar-refractivity contribution is 7.99. The molecule has 1 aromatic heterocycles. The number of aromatic nitrogens is 1. The Hall–Kier alpha value is -0.580. The first-order chi connectivity index (χ1) is 8.11. The fourth-order valence-electron chi connectivity index (χ4n) is 1.65. The Balaban J connectivity index is 2.26. The predicted octanol–water partition coefficient (Wildman–Crippen LogP) is 2.42. The second-order valence-corrected chi connectivity index (χ2v) is 5.40. The molecule has 0 bridgehead atoms. The Bertz CT molecular complexity index is 324. The van der Waals surface area contributed by atoms with E-state index >= 15 is 0 Å². The molecule has 1 aromatic rings. The molecule has 3 nitrogen and oxygen atoms in total. The summed E-state index contributed by atoms with van der Waals surface area (Å²) in [6.45, 7) is 8.01. The molecule has 1 heterocycles. The second kappa shape index (κ2) is 7.69. The Kier molecular flexibility index (Phi) is 6.55. The molecule has 17 heavy (non-hydrogen) atoms. The van der Waals surface area contributed by atoms with Gasteiger partial charge in [0.25, 0.3) is 0 Å². The monoisotopic (exact) mass is 254 g/mol. The van der Waals surface area contributed by atoms with Crippen LogP contribution in [0.3, 0.4) is 0 Å². The first-order valence-electron chi connectivity index (χ1n) is 5.92. The number of ether oxygens (including phenoxy) is 1. The van der Waals surface area contributed by atoms with Crippen molar-refractivity contribution < 1.29 is 4.74 Å². The summed E-state index contributed by atoms with van der Waals surface area (Å²) in [7, 11) is 1.73. The third-order valence-electron chi connectivity index (χ3n) is 2.34. The molecular formula is C13H22N2OS. The van der Waals surface area contributed by atoms with Crippen LogP contribution in [0.1, 0.15) is 18.2 Å². The highest BCUT2D eigenvalue weighted by Crippen LogP contribution is 2.16. The van der Waals surface area contributed by atoms with Gasteiger partial charge in [-0.25, -0.2) is 4.98 Å². The molecule has 0 fully saturated rings. The van der Waals surface area contributed by atoms with E-state index in [-0.39, 0.29) is 0 Å². The van der Waals surface area contributed by atoms with Gasteiger partial charge in [-0.1, -0.05) is 0 Å². The number of hydrogen-bond acceptors (Lipinski definition) is 4. The minimum absolute atomic E-state index is 0.410. The van der Waals surface area contributed by atoms with Crippen molar-refractivity contribution in [2.45, 2.75) is 31.8 Å². The molecular weight excluding hydrogens is 232 g/mol. The molecule has 1 rings (SSSR count). The van der Waals surface area contributed by atoms with Gasteiger partial charge < -0.3 is 10.1 Å². The third-order valence-corrected chi connectivity index (χ3v) is 3.25. The molecule has 1 atom stereocenters. The lowest BCUT2D eigenvalue weighted by atomic mass is 10.3. The number of thioether (sulfide) groups is 1. The molecule has 1 N–H and O–H groups in total. The van der Waals surface area contributed by atoms with Crippen molar-refractivity contribution in [2.24, 2.45) is 0 Å². The fraction of sp³-hybridized carbons (Fsp3) is 0.615. The van der Waals surface area contributed by atoms with Crippen molar-refractivity contribution in [3.05, 3.63) is 23.4 Å². The van der Waals surface area contributed by atoms with Gasteiger partial charge in [0.15, 0.2) is 0 Å². The van der Waals surface area contributed by atoms with Crippen LogP contribution in [0, 0.1) is 13.8 Å². The number of aryl methyl sites for hydroxylation is 2. The van der Waals surface area contributed by atoms with Gasteiger partial charge in [-0.3, -0.25) is 0 Å². The molecule has 0 radical (unpaired) electrons. The van der Waals surface area contributed by atoms with E-state index < -0.39 is 0 Å². The molecule has 4 heteroatoms. The van der Waals surface area contributed by atoms with E-state index in [2.05, 4.69) is 36.3 Å². The maximum atomic E-state index is 5.07. The molecule has 0 aromatic carbocycles. The minimum Gasteiger partial charge on any atom is -0.383 e. The number of methoxy groups -OCH3 is 1. The summed E-state index contributed by atoms with van der Waals surface area (Å²) < 4.78 is 5.07. The van der Waals surface area contributed by atoms with Gasteiger partial charge in [-0.05, 0) is 38.5 Å². The summed E-state index contributed by atoms with van der Waals surface area (Å²) in [5.74, 6) is 1.03. The van der Waals surface area contributed by atoms with Gasteiger partial charge in [0.1, 0.15) is 0 Å². The van der Waals surface area contributed by atoms with Crippen LogP contribution in [0.5, 0.6) is 0 Å². The lowest BCUT2D eigenvalue weighted by molar-refractivity contribution is 0.173. The lowest BCUT2D eigenvalue weighted by Crippen LogP contribution is -2.31. The van der Waals surface area contributed by atoms with Crippen LogP contribution in [0.4, 0.5) is 0 Å². The quantitative estimate of drug-likeness (QED) is 0.598. The van der Waals surface area contributed by atoms with Gasteiger partial charge in [-0.15, -0.1) is 11.8 Å². The van der Waals surface area contributed by atoms with Crippen molar-refractivity contribution in [3.63, 3.8) is 0 Å². The van der Waals surface area contributed by atoms with Gasteiger partial charge in [0.2, 0.25) is 0 Å². The normalized spacial score (nSPS) is 12.7. The minimum atomic E-state index is 0.410. The highest BCUT2D eigenvalue weighted by Gasteiger charge is 2.01. The van der Waals surface area contributed by atoms with E-state index in [0.717, 1.165) is 29.6 Å². The summed E-state index contributed by atoms with van der Waals surface area (Å²) in [5.41, 5.74) is 2.37. The van der Waals surface area contributed by atoms with Crippen molar-refractivity contribution in [2.75, 3.05) is 26.0 Å². The molecule has 0 saturated heterocycles. The number of rotatable bonds is 7. The topological polar surface area (TPSA) is 34.1 Å². The Morgan fingerprint density at radius 2 is 2.18 bits per heavy atom. The molecule has 0 spiro atoms. The first kappa shape index (κ1) is 14.5. The molecule has 1 unspecified atom stereocenters. The number of pyridine rings is 1. The van der Waals surface area contributed by atoms with Crippen molar-refractivity contribution in [1.29, 1.82) is 0 Å². The van der Waals surface area contributed by atoms with E-state index in [1.165, 1.54) is 5.56 Å². The number of nitrogens with one attached hydrogen (secondary N) is 1. The summed E-state index contributed by atoms with van der Waals surface area (Å²) in [6, 6.07) is 4.65. The van der Waals surface area contributed by atoms with Gasteiger partial charge in [-0.2, -0.15) is 0 Å². The third kappa shape index (κ3) is 6.05. The Morgan fingerprint density at radius 1 is 1.41 bits per heavy atom. The van der Waals surface area contributed by atoms with Crippen LogP contribution in [0.25, 0.3) is 0 Å². The SMILES string of the molecule is COCC(C)NCCSc1cc(C)cc(C)n1. The van der Waals surface area contributed by atoms with Crippen LogP contribution in [-0.4, -0.2) is 37.0 Å². The Labute approximate surface area is 108 Å². The molecule has 0 aliphatic heterocycles. The van der Waals surface area contributed by atoms with Crippen molar-refractivity contribution in [3.8, 4) is 0 Å². The summed E-state index contributed by atoms with van der Waals surface area (Å²) >= 11 is 1.79. The van der Waals surface area contributed by atoms with E-state index in [1.54, 1.807) is 18.9 Å². The average molecular weight is 254 g/mol. The van der Waals surface area contributed by atoms with E-state index in [0.29, 0.717) is 6.04 Å². The van der Waals surface area contributed by atoms with E-state index in [1.807, 2.05) is 6.92 Å². The first-order valence-corrected chi connectivity index (χ1v) is 6.91. The predicted molar refractivity (Wildman–Crippen MR) is 73.8 cm³/mol.